The number of thioether (sulfide) groups is 1. The zero-order valence-electron chi connectivity index (χ0n) is 10.3. The highest BCUT2D eigenvalue weighted by molar-refractivity contribution is 7.99. The summed E-state index contributed by atoms with van der Waals surface area (Å²) in [7, 11) is 0. The lowest BCUT2D eigenvalue weighted by molar-refractivity contribution is 0.0664. The highest BCUT2D eigenvalue weighted by Crippen LogP contribution is 2.22. The first-order chi connectivity index (χ1) is 8.61. The van der Waals surface area contributed by atoms with Crippen LogP contribution in [-0.2, 0) is 0 Å². The Morgan fingerprint density at radius 3 is 2.28 bits per heavy atom. The summed E-state index contributed by atoms with van der Waals surface area (Å²) in [6.07, 6.45) is 0. The fraction of sp³-hybridized carbons (Fsp3) is 0.385. The van der Waals surface area contributed by atoms with Crippen LogP contribution in [-0.4, -0.2) is 40.8 Å². The maximum atomic E-state index is 12.0. The molecule has 5 heteroatoms. The van der Waals surface area contributed by atoms with Crippen molar-refractivity contribution in [2.45, 2.75) is 13.0 Å². The maximum absolute atomic E-state index is 12.0. The van der Waals surface area contributed by atoms with E-state index in [9.17, 15) is 9.59 Å². The van der Waals surface area contributed by atoms with Gasteiger partial charge in [-0.15, -0.1) is 0 Å². The van der Waals surface area contributed by atoms with Crippen molar-refractivity contribution >= 4 is 23.6 Å². The van der Waals surface area contributed by atoms with E-state index in [4.69, 9.17) is 5.73 Å². The Kier molecular flexibility index (Phi) is 4.04. The van der Waals surface area contributed by atoms with Crippen molar-refractivity contribution in [2.24, 2.45) is 5.73 Å². The molecule has 2 N–H and O–H groups in total. The van der Waals surface area contributed by atoms with Crippen molar-refractivity contribution in [1.82, 2.24) is 4.90 Å². The van der Waals surface area contributed by atoms with Gasteiger partial charge in [-0.1, -0.05) is 12.1 Å². The third-order valence-electron chi connectivity index (χ3n) is 2.72. The molecule has 96 valence electrons. The molecule has 0 fully saturated rings. The van der Waals surface area contributed by atoms with Crippen LogP contribution < -0.4 is 5.73 Å². The SMILES string of the molecule is CC(N)CSCCN1C(=O)c2ccccc2C1=O. The summed E-state index contributed by atoms with van der Waals surface area (Å²) >= 11 is 1.66. The monoisotopic (exact) mass is 264 g/mol. The molecular formula is C13H16N2O2S. The third-order valence-corrected chi connectivity index (χ3v) is 3.95. The number of fused-ring (bicyclic) bond motifs is 1. The molecule has 0 aromatic heterocycles. The van der Waals surface area contributed by atoms with Crippen molar-refractivity contribution in [1.29, 1.82) is 0 Å². The molecule has 4 nitrogen and oxygen atoms in total. The second kappa shape index (κ2) is 5.54. The highest BCUT2D eigenvalue weighted by Gasteiger charge is 2.34. The van der Waals surface area contributed by atoms with Gasteiger partial charge in [0.15, 0.2) is 0 Å². The van der Waals surface area contributed by atoms with Crippen molar-refractivity contribution in [3.63, 3.8) is 0 Å². The number of carbonyl (C=O) groups is 2. The van der Waals surface area contributed by atoms with Gasteiger partial charge in [-0.25, -0.2) is 0 Å². The first-order valence-electron chi connectivity index (χ1n) is 5.90. The molecule has 1 unspecified atom stereocenters. The zero-order chi connectivity index (χ0) is 13.1. The Hall–Kier alpha value is -1.33. The number of amides is 2. The average molecular weight is 264 g/mol. The summed E-state index contributed by atoms with van der Waals surface area (Å²) in [4.78, 5) is 25.3. The second-order valence-corrected chi connectivity index (χ2v) is 5.51. The van der Waals surface area contributed by atoms with Crippen LogP contribution >= 0.6 is 11.8 Å². The summed E-state index contributed by atoms with van der Waals surface area (Å²) in [5.41, 5.74) is 6.67. The molecule has 1 aromatic carbocycles. The van der Waals surface area contributed by atoms with Gasteiger partial charge in [-0.2, -0.15) is 11.8 Å². The minimum absolute atomic E-state index is 0.136. The molecule has 2 amide bonds. The lowest BCUT2D eigenvalue weighted by Crippen LogP contribution is -2.32. The van der Waals surface area contributed by atoms with Crippen LogP contribution in [0.25, 0.3) is 0 Å². The van der Waals surface area contributed by atoms with E-state index in [2.05, 4.69) is 0 Å². The van der Waals surface area contributed by atoms with E-state index in [0.717, 1.165) is 11.5 Å². The van der Waals surface area contributed by atoms with Gasteiger partial charge >= 0.3 is 0 Å². The summed E-state index contributed by atoms with van der Waals surface area (Å²) in [5, 5.41) is 0. The van der Waals surface area contributed by atoms with Crippen LogP contribution in [0.4, 0.5) is 0 Å². The number of hydrogen-bond acceptors (Lipinski definition) is 4. The zero-order valence-corrected chi connectivity index (χ0v) is 11.1. The molecule has 1 aromatic rings. The maximum Gasteiger partial charge on any atom is 0.261 e. The second-order valence-electron chi connectivity index (χ2n) is 4.36. The van der Waals surface area contributed by atoms with Crippen LogP contribution in [0.3, 0.4) is 0 Å². The Labute approximate surface area is 111 Å². The topological polar surface area (TPSA) is 63.4 Å². The number of carbonyl (C=O) groups excluding carboxylic acids is 2. The largest absolute Gasteiger partial charge is 0.327 e. The lowest BCUT2D eigenvalue weighted by Gasteiger charge is -2.13. The van der Waals surface area contributed by atoms with Crippen molar-refractivity contribution in [3.8, 4) is 0 Å². The van der Waals surface area contributed by atoms with Crippen LogP contribution in [0.5, 0.6) is 0 Å². The molecule has 1 aliphatic rings. The van der Waals surface area contributed by atoms with E-state index in [1.54, 1.807) is 36.0 Å². The smallest absolute Gasteiger partial charge is 0.261 e. The van der Waals surface area contributed by atoms with Gasteiger partial charge in [0.05, 0.1) is 11.1 Å². The van der Waals surface area contributed by atoms with E-state index < -0.39 is 0 Å². The van der Waals surface area contributed by atoms with E-state index in [-0.39, 0.29) is 17.9 Å². The summed E-state index contributed by atoms with van der Waals surface area (Å²) in [6, 6.07) is 7.09. The molecule has 1 atom stereocenters. The first-order valence-corrected chi connectivity index (χ1v) is 7.05. The molecule has 0 saturated carbocycles. The number of hydrogen-bond donors (Lipinski definition) is 1. The summed E-state index contributed by atoms with van der Waals surface area (Å²) in [5.74, 6) is 1.20. The molecule has 0 saturated heterocycles. The molecule has 2 rings (SSSR count). The number of rotatable bonds is 5. The fourth-order valence-electron chi connectivity index (χ4n) is 1.87. The standard InChI is InChI=1S/C13H16N2O2S/c1-9(14)8-18-7-6-15-12(16)10-4-2-3-5-11(10)13(15)17/h2-5,9H,6-8,14H2,1H3. The molecule has 0 aliphatic carbocycles. The lowest BCUT2D eigenvalue weighted by atomic mass is 10.1. The predicted molar refractivity (Wildman–Crippen MR) is 72.8 cm³/mol. The first kappa shape index (κ1) is 13.1. The van der Waals surface area contributed by atoms with Gasteiger partial charge in [0.25, 0.3) is 11.8 Å². The fourth-order valence-corrected chi connectivity index (χ4v) is 2.72. The van der Waals surface area contributed by atoms with Crippen molar-refractivity contribution in [2.75, 3.05) is 18.1 Å². The molecule has 18 heavy (non-hydrogen) atoms. The summed E-state index contributed by atoms with van der Waals surface area (Å²) < 4.78 is 0. The number of nitrogens with two attached hydrogens (primary N) is 1. The van der Waals surface area contributed by atoms with E-state index in [1.807, 2.05) is 6.92 Å². The molecule has 0 radical (unpaired) electrons. The van der Waals surface area contributed by atoms with E-state index in [0.29, 0.717) is 17.7 Å². The number of nitrogens with zero attached hydrogens (tertiary/aromatic N) is 1. The summed E-state index contributed by atoms with van der Waals surface area (Å²) in [6.45, 7) is 2.39. The Bertz CT molecular complexity index is 439. The normalized spacial score (nSPS) is 16.0. The van der Waals surface area contributed by atoms with Gasteiger partial charge in [-0.3, -0.25) is 14.5 Å². The quantitative estimate of drug-likeness (QED) is 0.644. The van der Waals surface area contributed by atoms with Gasteiger partial charge in [0.1, 0.15) is 0 Å². The predicted octanol–water partition coefficient (Wildman–Crippen LogP) is 1.36. The number of benzene rings is 1. The van der Waals surface area contributed by atoms with Crippen LogP contribution in [0.15, 0.2) is 24.3 Å². The van der Waals surface area contributed by atoms with E-state index in [1.165, 1.54) is 4.90 Å². The van der Waals surface area contributed by atoms with Gasteiger partial charge in [0.2, 0.25) is 0 Å². The van der Waals surface area contributed by atoms with Crippen LogP contribution in [0.2, 0.25) is 0 Å². The highest BCUT2D eigenvalue weighted by atomic mass is 32.2. The Balaban J connectivity index is 1.97. The minimum atomic E-state index is -0.183. The molecule has 1 heterocycles. The van der Waals surface area contributed by atoms with Gasteiger partial charge in [0, 0.05) is 24.1 Å². The van der Waals surface area contributed by atoms with Crippen molar-refractivity contribution < 1.29 is 9.59 Å². The third kappa shape index (κ3) is 2.57. The van der Waals surface area contributed by atoms with E-state index >= 15 is 0 Å². The number of imide groups is 1. The molecular weight excluding hydrogens is 248 g/mol. The minimum Gasteiger partial charge on any atom is -0.327 e. The van der Waals surface area contributed by atoms with Gasteiger partial charge < -0.3 is 5.73 Å². The van der Waals surface area contributed by atoms with Gasteiger partial charge in [-0.05, 0) is 19.1 Å². The van der Waals surface area contributed by atoms with Crippen LogP contribution in [0.1, 0.15) is 27.6 Å². The molecule has 0 spiro atoms. The van der Waals surface area contributed by atoms with Crippen molar-refractivity contribution in [3.05, 3.63) is 35.4 Å². The average Bonchev–Trinajstić information content (AvgIpc) is 2.59. The van der Waals surface area contributed by atoms with Crippen LogP contribution in [0, 0.1) is 0 Å². The Morgan fingerprint density at radius 2 is 1.78 bits per heavy atom. The molecule has 0 bridgehead atoms. The Morgan fingerprint density at radius 1 is 1.22 bits per heavy atom. The molecule has 1 aliphatic heterocycles.